The molecule has 0 N–H and O–H groups in total. The maximum Gasteiger partial charge on any atom is 0.415 e. The molecule has 2 amide bonds. The molecule has 298 valence electrons. The quantitative estimate of drug-likeness (QED) is 0.236. The Morgan fingerprint density at radius 3 is 2.22 bits per heavy atom. The Morgan fingerprint density at radius 1 is 1.02 bits per heavy atom. The normalized spacial score (nSPS) is 26.3. The van der Waals surface area contributed by atoms with Crippen LogP contribution in [0.5, 0.6) is 5.75 Å². The fourth-order valence-corrected chi connectivity index (χ4v) is 8.74. The van der Waals surface area contributed by atoms with E-state index in [1.54, 1.807) is 4.90 Å². The van der Waals surface area contributed by atoms with Crippen LogP contribution in [-0.4, -0.2) is 109 Å². The van der Waals surface area contributed by atoms with E-state index in [0.29, 0.717) is 73.1 Å². The van der Waals surface area contributed by atoms with E-state index in [1.165, 1.54) is 17.5 Å². The van der Waals surface area contributed by atoms with Crippen LogP contribution in [0.15, 0.2) is 12.1 Å². The van der Waals surface area contributed by atoms with Crippen molar-refractivity contribution in [1.82, 2.24) is 9.80 Å². The molecule has 2 heterocycles. The van der Waals surface area contributed by atoms with Crippen LogP contribution in [0.4, 0.5) is 9.18 Å². The lowest BCUT2D eigenvalue weighted by Gasteiger charge is -2.48. The number of alkyl halides is 1. The molecule has 55 heavy (non-hydrogen) atoms. The number of likely N-dealkylation sites (tertiary alicyclic amines) is 1. The van der Waals surface area contributed by atoms with Crippen LogP contribution in [0.2, 0.25) is 5.11 Å². The molecule has 5 atom stereocenters. The third-order valence-electron chi connectivity index (χ3n) is 12.6. The minimum atomic E-state index is -2.23. The third-order valence-corrected chi connectivity index (χ3v) is 12.9. The zero-order chi connectivity index (χ0) is 41.4. The van der Waals surface area contributed by atoms with Crippen LogP contribution >= 0.6 is 12.6 Å². The van der Waals surface area contributed by atoms with Crippen LogP contribution < -0.4 is 4.74 Å². The summed E-state index contributed by atoms with van der Waals surface area (Å²) in [5.41, 5.74) is 1.94. The molecule has 7 nitrogen and oxygen atoms in total. The fourth-order valence-electron chi connectivity index (χ4n) is 8.58. The van der Waals surface area contributed by atoms with Crippen LogP contribution in [0, 0.1) is 29.6 Å². The Kier molecular flexibility index (Phi) is 17.5. The molecule has 0 spiro atoms. The molecule has 1 aromatic rings. The molecule has 1 aromatic carbocycles. The van der Waals surface area contributed by atoms with Gasteiger partial charge in [-0.15, -0.1) is 5.11 Å². The molecule has 2 saturated carbocycles. The van der Waals surface area contributed by atoms with E-state index in [1.807, 2.05) is 25.7 Å². The number of ether oxygens (including phenoxy) is 2. The molecular formula is C42H65B4FN2O5S. The van der Waals surface area contributed by atoms with Crippen molar-refractivity contribution in [3.8, 4) is 5.75 Å². The largest absolute Gasteiger partial charge is 0.415 e. The molecule has 0 aromatic heterocycles. The van der Waals surface area contributed by atoms with Gasteiger partial charge in [0.1, 0.15) is 26.0 Å². The lowest BCUT2D eigenvalue weighted by molar-refractivity contribution is -0.146. The van der Waals surface area contributed by atoms with Crippen molar-refractivity contribution < 1.29 is 28.2 Å². The summed E-state index contributed by atoms with van der Waals surface area (Å²) in [7, 11) is 20.4. The number of morpholine rings is 1. The number of benzene rings is 1. The summed E-state index contributed by atoms with van der Waals surface area (Å²) in [6.45, 7) is 19.8. The first-order valence-corrected chi connectivity index (χ1v) is 21.3. The van der Waals surface area contributed by atoms with Crippen molar-refractivity contribution in [3.05, 3.63) is 28.8 Å². The Balaban J connectivity index is 0.000000357. The Morgan fingerprint density at radius 2 is 1.65 bits per heavy atom. The van der Waals surface area contributed by atoms with Gasteiger partial charge in [-0.2, -0.15) is 12.6 Å². The fraction of sp³-hybridized carbons (Fsp3) is 0.786. The van der Waals surface area contributed by atoms with Crippen molar-refractivity contribution >= 4 is 61.8 Å². The zero-order valence-corrected chi connectivity index (χ0v) is 35.9. The number of amides is 2. The van der Waals surface area contributed by atoms with Gasteiger partial charge in [-0.25, -0.2) is 4.79 Å². The number of nitrogens with zero attached hydrogens (tertiary/aromatic N) is 2. The van der Waals surface area contributed by atoms with Crippen molar-refractivity contribution in [2.75, 3.05) is 38.6 Å². The number of aryl methyl sites for hydroxylation is 2. The van der Waals surface area contributed by atoms with Gasteiger partial charge in [0.05, 0.1) is 35.7 Å². The summed E-state index contributed by atoms with van der Waals surface area (Å²) in [5, 5.41) is -1.98. The second kappa shape index (κ2) is 20.2. The predicted octanol–water partition coefficient (Wildman–Crippen LogP) is 7.82. The number of hydrogen-bond acceptors (Lipinski definition) is 6. The summed E-state index contributed by atoms with van der Waals surface area (Å²) in [6.07, 6.45) is 9.02. The Bertz CT molecular complexity index is 1450. The zero-order valence-electron chi connectivity index (χ0n) is 35.1. The summed E-state index contributed by atoms with van der Waals surface area (Å²) in [6, 6.07) is 4.53. The SMILES string of the molecule is CC.CCC(C)(C)C.Cc1cc2c(cc1OC(=O)N1CCC(N3CCOCC3=O)CC1)CCC1C2CCC2(C)C(=O)CCC12.[B]C([B])([B])C([B])(F)CCCS. The molecule has 3 aliphatic carbocycles. The monoisotopic (exact) mass is 772 g/mol. The first kappa shape index (κ1) is 47.5. The number of carbonyl (C=O) groups is 3. The van der Waals surface area contributed by atoms with Gasteiger partial charge >= 0.3 is 6.09 Å². The molecule has 2 saturated heterocycles. The van der Waals surface area contributed by atoms with E-state index < -0.39 is 10.7 Å². The first-order valence-electron chi connectivity index (χ1n) is 20.7. The lowest BCUT2D eigenvalue weighted by Crippen LogP contribution is -2.52. The molecule has 2 aliphatic heterocycles. The average molecular weight is 772 g/mol. The predicted molar refractivity (Wildman–Crippen MR) is 228 cm³/mol. The van der Waals surface area contributed by atoms with Gasteiger partial charge in [-0.3, -0.25) is 14.0 Å². The summed E-state index contributed by atoms with van der Waals surface area (Å²) in [4.78, 5) is 41.5. The van der Waals surface area contributed by atoms with E-state index in [4.69, 9.17) is 40.9 Å². The lowest BCUT2D eigenvalue weighted by atomic mass is 9.32. The number of fused-ring (bicyclic) bond motifs is 5. The van der Waals surface area contributed by atoms with Crippen LogP contribution in [0.3, 0.4) is 0 Å². The highest BCUT2D eigenvalue weighted by atomic mass is 32.1. The van der Waals surface area contributed by atoms with Crippen LogP contribution in [0.1, 0.15) is 135 Å². The number of halogens is 1. The molecule has 0 bridgehead atoms. The highest BCUT2D eigenvalue weighted by Gasteiger charge is 2.54. The van der Waals surface area contributed by atoms with E-state index in [9.17, 15) is 18.8 Å². The molecule has 13 heteroatoms. The second-order valence-corrected chi connectivity index (χ2v) is 17.9. The van der Waals surface area contributed by atoms with E-state index >= 15 is 0 Å². The Hall–Kier alpha value is -1.87. The molecule has 4 fully saturated rings. The van der Waals surface area contributed by atoms with Gasteiger partial charge in [0.25, 0.3) is 0 Å². The van der Waals surface area contributed by atoms with Crippen molar-refractivity contribution in [2.45, 2.75) is 149 Å². The van der Waals surface area contributed by atoms with Gasteiger partial charge in [-0.1, -0.05) is 61.0 Å². The number of hydrogen-bond donors (Lipinski definition) is 1. The average Bonchev–Trinajstić information content (AvgIpc) is 3.45. The summed E-state index contributed by atoms with van der Waals surface area (Å²) >= 11 is 3.88. The van der Waals surface area contributed by atoms with E-state index in [2.05, 4.69) is 59.4 Å². The number of ketones is 1. The molecule has 5 aliphatic rings. The minimum absolute atomic E-state index is 0.0139. The highest BCUT2D eigenvalue weighted by Crippen LogP contribution is 2.59. The summed E-state index contributed by atoms with van der Waals surface area (Å²) < 4.78 is 24.3. The van der Waals surface area contributed by atoms with Gasteiger partial charge in [0.2, 0.25) is 5.91 Å². The molecule has 5 unspecified atom stereocenters. The van der Waals surface area contributed by atoms with Gasteiger partial charge in [0, 0.05) is 37.5 Å². The van der Waals surface area contributed by atoms with Crippen molar-refractivity contribution in [1.29, 1.82) is 0 Å². The van der Waals surface area contributed by atoms with Crippen molar-refractivity contribution in [3.63, 3.8) is 0 Å². The number of Topliss-reactive ketones (excluding diaryl/α,β-unsaturated/α-hetero) is 1. The standard InChI is InChI=1S/C29H38N2O5.C6H14.C5H7B4FS.C2H6/c1-18-15-23-19(3-4-22-21(23)7-10-29(2)24(22)5-6-26(29)32)16-25(18)36-28(34)30-11-8-20(9-12-30)31-13-14-35-17-27(31)33;1-5-6(2,3)4;6-4(10,2-1-3-11)5(7,8)9;1-2/h15-16,20-22,24H,3-14,17H2,1-2H3;5H2,1-4H3;11H,1-3H2;1-2H3. The van der Waals surface area contributed by atoms with E-state index in [0.717, 1.165) is 56.9 Å². The van der Waals surface area contributed by atoms with E-state index in [-0.39, 0.29) is 36.5 Å². The van der Waals surface area contributed by atoms with Gasteiger partial charge in [0.15, 0.2) is 0 Å². The third kappa shape index (κ3) is 12.1. The first-order chi connectivity index (χ1) is 25.7. The topological polar surface area (TPSA) is 76.2 Å². The molecule has 8 radical (unpaired) electrons. The van der Waals surface area contributed by atoms with Gasteiger partial charge in [-0.05, 0) is 116 Å². The molecular weight excluding hydrogens is 707 g/mol. The summed E-state index contributed by atoms with van der Waals surface area (Å²) in [5.74, 6) is 3.36. The Labute approximate surface area is 343 Å². The molecule has 6 rings (SSSR count). The number of piperidine rings is 1. The smallest absolute Gasteiger partial charge is 0.410 e. The maximum atomic E-state index is 13.2. The maximum absolute atomic E-state index is 13.2. The number of carbonyl (C=O) groups excluding carboxylic acids is 3. The van der Waals surface area contributed by atoms with Gasteiger partial charge < -0.3 is 19.3 Å². The minimum Gasteiger partial charge on any atom is -0.410 e. The second-order valence-electron chi connectivity index (χ2n) is 17.4. The van der Waals surface area contributed by atoms with Crippen molar-refractivity contribution in [2.24, 2.45) is 22.7 Å². The number of thiol groups is 1. The van der Waals surface area contributed by atoms with Crippen LogP contribution in [0.25, 0.3) is 0 Å². The highest BCUT2D eigenvalue weighted by molar-refractivity contribution is 7.80. The number of rotatable bonds is 6. The van der Waals surface area contributed by atoms with Crippen LogP contribution in [-0.2, 0) is 20.7 Å².